The summed E-state index contributed by atoms with van der Waals surface area (Å²) >= 11 is 3.56. The van der Waals surface area contributed by atoms with Gasteiger partial charge in [0.1, 0.15) is 40.4 Å². The Labute approximate surface area is 311 Å². The normalized spacial score (nSPS) is 25.8. The Morgan fingerprint density at radius 1 is 1.04 bits per heavy atom. The van der Waals surface area contributed by atoms with Crippen LogP contribution in [0.2, 0.25) is 0 Å². The van der Waals surface area contributed by atoms with Crippen LogP contribution in [0.1, 0.15) is 71.8 Å². The van der Waals surface area contributed by atoms with Crippen molar-refractivity contribution in [1.82, 2.24) is 30.5 Å². The van der Waals surface area contributed by atoms with E-state index in [0.717, 1.165) is 34.9 Å². The van der Waals surface area contributed by atoms with Crippen molar-refractivity contribution in [1.29, 1.82) is 0 Å². The highest BCUT2D eigenvalue weighted by Gasteiger charge is 2.61. The van der Waals surface area contributed by atoms with Crippen molar-refractivity contribution in [3.63, 3.8) is 0 Å². The average molecular weight is 778 g/mol. The Morgan fingerprint density at radius 3 is 2.44 bits per heavy atom. The summed E-state index contributed by atoms with van der Waals surface area (Å²) < 4.78 is 11.7. The molecule has 3 aliphatic rings. The van der Waals surface area contributed by atoms with Gasteiger partial charge in [0, 0.05) is 34.5 Å². The van der Waals surface area contributed by atoms with E-state index in [4.69, 9.17) is 19.7 Å². The number of amides is 3. The Balaban J connectivity index is 1.38. The van der Waals surface area contributed by atoms with Gasteiger partial charge in [-0.2, -0.15) is 15.0 Å². The van der Waals surface area contributed by atoms with Crippen LogP contribution in [-0.4, -0.2) is 85.8 Å². The van der Waals surface area contributed by atoms with E-state index in [2.05, 4.69) is 26.6 Å². The SMILES string of the molecule is COc1ccc(-c2nn([C@H]3C[C@H]4C(=O)N[C@@]5(C(=O)O)C[C@@H]5/C=C\CCCCC[C@@H](NC(=O)OC(C)(C)C)C(=O)N4C3)nc2-c2cccc(Br)c2)cc1. The molecule has 2 aliphatic heterocycles. The number of carbonyl (C=O) groups excluding carboxylic acids is 3. The molecule has 52 heavy (non-hydrogen) atoms. The first kappa shape index (κ1) is 37.1. The number of alkyl carbamates (subject to hydrolysis) is 1. The molecule has 3 heterocycles. The van der Waals surface area contributed by atoms with Crippen LogP contribution in [0.5, 0.6) is 5.75 Å². The molecule has 0 radical (unpaired) electrons. The number of carbonyl (C=O) groups is 4. The second-order valence-corrected chi connectivity index (χ2v) is 15.6. The number of methoxy groups -OCH3 is 1. The van der Waals surface area contributed by atoms with Crippen LogP contribution < -0.4 is 15.4 Å². The number of hydrogen-bond acceptors (Lipinski definition) is 8. The summed E-state index contributed by atoms with van der Waals surface area (Å²) in [5.41, 5.74) is 0.573. The van der Waals surface area contributed by atoms with E-state index in [1.807, 2.05) is 60.7 Å². The topological polar surface area (TPSA) is 165 Å². The summed E-state index contributed by atoms with van der Waals surface area (Å²) in [6.45, 7) is 5.29. The molecule has 2 fully saturated rings. The Morgan fingerprint density at radius 2 is 1.77 bits per heavy atom. The minimum Gasteiger partial charge on any atom is -0.497 e. The quantitative estimate of drug-likeness (QED) is 0.259. The van der Waals surface area contributed by atoms with E-state index in [1.54, 1.807) is 32.7 Å². The molecule has 1 aliphatic carbocycles. The number of aliphatic carboxylic acids is 1. The monoisotopic (exact) mass is 776 g/mol. The highest BCUT2D eigenvalue weighted by Crippen LogP contribution is 2.46. The molecule has 13 nitrogen and oxygen atoms in total. The molecule has 1 aromatic heterocycles. The molecule has 0 spiro atoms. The zero-order chi connectivity index (χ0) is 37.2. The van der Waals surface area contributed by atoms with Crippen LogP contribution in [0, 0.1) is 5.92 Å². The van der Waals surface area contributed by atoms with E-state index in [-0.39, 0.29) is 25.3 Å². The lowest BCUT2D eigenvalue weighted by Crippen LogP contribution is -2.56. The number of nitrogens with zero attached hydrogens (tertiary/aromatic N) is 4. The smallest absolute Gasteiger partial charge is 0.408 e. The second-order valence-electron chi connectivity index (χ2n) is 14.7. The van der Waals surface area contributed by atoms with Gasteiger partial charge in [-0.25, -0.2) is 9.59 Å². The predicted molar refractivity (Wildman–Crippen MR) is 196 cm³/mol. The van der Waals surface area contributed by atoms with Crippen molar-refractivity contribution in [3.8, 4) is 28.3 Å². The number of rotatable bonds is 6. The molecule has 3 amide bonds. The van der Waals surface area contributed by atoms with E-state index in [9.17, 15) is 24.3 Å². The zero-order valence-corrected chi connectivity index (χ0v) is 31.4. The third-order valence-corrected chi connectivity index (χ3v) is 10.2. The molecule has 2 aromatic carbocycles. The lowest BCUT2D eigenvalue weighted by Gasteiger charge is -2.30. The fourth-order valence-electron chi connectivity index (χ4n) is 6.95. The number of benzene rings is 2. The maximum Gasteiger partial charge on any atom is 0.408 e. The standard InChI is InChI=1S/C38H45BrN6O7/c1-37(2,3)52-36(50)40-29-14-9-7-5-6-8-12-25-21-38(25,35(48)49)41-33(46)30-20-27(22-44(30)34(29)47)45-42-31(23-15-17-28(51-4)18-16-23)32(43-45)24-11-10-13-26(39)19-24/h8,10-13,15-19,25,27,29-30H,5-7,9,14,20-22H2,1-4H3,(H,40,50)(H,41,46)(H,48,49)/b12-8-/t25-,27-,29+,30-,38-/m0/s1. The molecule has 3 N–H and O–H groups in total. The van der Waals surface area contributed by atoms with Gasteiger partial charge in [0.15, 0.2) is 0 Å². The van der Waals surface area contributed by atoms with Gasteiger partial charge in [-0.15, -0.1) is 0 Å². The largest absolute Gasteiger partial charge is 0.497 e. The Hall–Kier alpha value is -4.72. The van der Waals surface area contributed by atoms with Crippen molar-refractivity contribution >= 4 is 39.8 Å². The van der Waals surface area contributed by atoms with Gasteiger partial charge in [0.25, 0.3) is 0 Å². The first-order valence-electron chi connectivity index (χ1n) is 17.7. The number of hydrogen-bond donors (Lipinski definition) is 3. The van der Waals surface area contributed by atoms with Crippen molar-refractivity contribution in [2.24, 2.45) is 5.92 Å². The van der Waals surface area contributed by atoms with Crippen molar-refractivity contribution < 1.29 is 33.8 Å². The number of halogens is 1. The number of allylic oxidation sites excluding steroid dienone is 1. The second kappa shape index (κ2) is 15.1. The third kappa shape index (κ3) is 8.16. The highest BCUT2D eigenvalue weighted by atomic mass is 79.9. The molecule has 0 unspecified atom stereocenters. The van der Waals surface area contributed by atoms with Crippen molar-refractivity contribution in [2.45, 2.75) is 95.0 Å². The minimum absolute atomic E-state index is 0.0570. The molecule has 276 valence electrons. The summed E-state index contributed by atoms with van der Waals surface area (Å²) in [6, 6.07) is 12.6. The number of ether oxygens (including phenoxy) is 2. The molecule has 6 rings (SSSR count). The van der Waals surface area contributed by atoms with Gasteiger partial charge in [-0.1, -0.05) is 53.1 Å². The maximum atomic E-state index is 14.5. The molecule has 0 bridgehead atoms. The summed E-state index contributed by atoms with van der Waals surface area (Å²) in [5, 5.41) is 25.7. The fraction of sp³-hybridized carbons (Fsp3) is 0.474. The van der Waals surface area contributed by atoms with Crippen LogP contribution in [0.25, 0.3) is 22.5 Å². The molecule has 14 heteroatoms. The summed E-state index contributed by atoms with van der Waals surface area (Å²) in [6.07, 6.45) is 6.86. The molecule has 1 saturated carbocycles. The van der Waals surface area contributed by atoms with E-state index in [0.29, 0.717) is 30.0 Å². The number of fused-ring (bicyclic) bond motifs is 2. The molecular formula is C38H45BrN6O7. The predicted octanol–water partition coefficient (Wildman–Crippen LogP) is 5.90. The van der Waals surface area contributed by atoms with E-state index in [1.165, 1.54) is 4.90 Å². The maximum absolute atomic E-state index is 14.5. The van der Waals surface area contributed by atoms with Gasteiger partial charge in [0.05, 0.1) is 13.2 Å². The van der Waals surface area contributed by atoms with Crippen LogP contribution in [0.15, 0.2) is 65.2 Å². The van der Waals surface area contributed by atoms with E-state index >= 15 is 0 Å². The highest BCUT2D eigenvalue weighted by molar-refractivity contribution is 9.10. The van der Waals surface area contributed by atoms with Crippen molar-refractivity contribution in [2.75, 3.05) is 13.7 Å². The Kier molecular flexibility index (Phi) is 10.8. The van der Waals surface area contributed by atoms with Crippen molar-refractivity contribution in [3.05, 3.63) is 65.2 Å². The molecular weight excluding hydrogens is 732 g/mol. The third-order valence-electron chi connectivity index (χ3n) is 9.75. The van der Waals surface area contributed by atoms with Gasteiger partial charge in [-0.05, 0) is 82.9 Å². The first-order chi connectivity index (χ1) is 24.8. The average Bonchev–Trinajstić information content (AvgIpc) is 3.40. The van der Waals surface area contributed by atoms with Crippen LogP contribution >= 0.6 is 15.9 Å². The summed E-state index contributed by atoms with van der Waals surface area (Å²) in [5.74, 6) is -1.81. The van der Waals surface area contributed by atoms with Gasteiger partial charge in [0.2, 0.25) is 11.8 Å². The van der Waals surface area contributed by atoms with Gasteiger partial charge >= 0.3 is 12.1 Å². The minimum atomic E-state index is -1.45. The summed E-state index contributed by atoms with van der Waals surface area (Å²) in [7, 11) is 1.60. The number of nitrogens with one attached hydrogen (secondary N) is 2. The fourth-order valence-corrected chi connectivity index (χ4v) is 7.35. The molecule has 3 aromatic rings. The molecule has 1 saturated heterocycles. The van der Waals surface area contributed by atoms with Gasteiger partial charge in [-0.3, -0.25) is 9.59 Å². The number of aromatic nitrogens is 3. The van der Waals surface area contributed by atoms with Gasteiger partial charge < -0.3 is 30.1 Å². The van der Waals surface area contributed by atoms with Crippen LogP contribution in [0.3, 0.4) is 0 Å². The Bertz CT molecular complexity index is 1850. The van der Waals surface area contributed by atoms with E-state index < -0.39 is 53.1 Å². The van der Waals surface area contributed by atoms with Crippen LogP contribution in [-0.2, 0) is 19.1 Å². The van der Waals surface area contributed by atoms with Crippen LogP contribution in [0.4, 0.5) is 4.79 Å². The number of carboxylic acid groups (broad SMARTS) is 1. The summed E-state index contributed by atoms with van der Waals surface area (Å²) in [4.78, 5) is 57.2. The number of carboxylic acids is 1. The zero-order valence-electron chi connectivity index (χ0n) is 29.8. The lowest BCUT2D eigenvalue weighted by molar-refractivity contribution is -0.145. The first-order valence-corrected chi connectivity index (χ1v) is 18.5. The molecule has 5 atom stereocenters. The lowest BCUT2D eigenvalue weighted by atomic mass is 10.0.